The van der Waals surface area contributed by atoms with E-state index in [9.17, 15) is 18.0 Å². The lowest BCUT2D eigenvalue weighted by atomic mass is 9.97. The maximum absolute atomic E-state index is 12.8. The van der Waals surface area contributed by atoms with Gasteiger partial charge in [-0.3, -0.25) is 14.6 Å². The summed E-state index contributed by atoms with van der Waals surface area (Å²) in [6.45, 7) is 1.18. The largest absolute Gasteiger partial charge is 0.497 e. The Morgan fingerprint density at radius 1 is 1.12 bits per heavy atom. The van der Waals surface area contributed by atoms with Gasteiger partial charge in [0.1, 0.15) is 5.75 Å². The maximum Gasteiger partial charge on any atom is 0.243 e. The van der Waals surface area contributed by atoms with Crippen molar-refractivity contribution in [2.45, 2.75) is 30.7 Å². The van der Waals surface area contributed by atoms with E-state index in [1.165, 1.54) is 23.5 Å². The summed E-state index contributed by atoms with van der Waals surface area (Å²) in [5, 5.41) is 5.57. The molecule has 3 rings (SSSR count). The number of hydrogen-bond donors (Lipinski definition) is 2. The number of piperidine rings is 1. The van der Waals surface area contributed by atoms with Gasteiger partial charge >= 0.3 is 0 Å². The molecule has 1 fully saturated rings. The number of pyridine rings is 1. The topological polar surface area (TPSA) is 118 Å². The van der Waals surface area contributed by atoms with Crippen molar-refractivity contribution in [3.8, 4) is 5.75 Å². The molecule has 2 heterocycles. The first-order valence-electron chi connectivity index (χ1n) is 10.5. The fraction of sp³-hybridized carbons (Fsp3) is 0.409. The number of benzene rings is 1. The second-order valence-electron chi connectivity index (χ2n) is 7.53. The average Bonchev–Trinajstić information content (AvgIpc) is 2.83. The highest BCUT2D eigenvalue weighted by atomic mass is 32.2. The molecule has 0 unspecified atom stereocenters. The molecule has 0 saturated carbocycles. The van der Waals surface area contributed by atoms with Gasteiger partial charge in [-0.05, 0) is 48.7 Å². The second kappa shape index (κ2) is 11.1. The first kappa shape index (κ1) is 23.7. The summed E-state index contributed by atoms with van der Waals surface area (Å²) in [4.78, 5) is 28.6. The van der Waals surface area contributed by atoms with Gasteiger partial charge in [-0.1, -0.05) is 6.07 Å². The Bertz CT molecular complexity index is 1000. The fourth-order valence-electron chi connectivity index (χ4n) is 3.49. The van der Waals surface area contributed by atoms with Crippen molar-refractivity contribution in [1.82, 2.24) is 19.9 Å². The molecule has 32 heavy (non-hydrogen) atoms. The third kappa shape index (κ3) is 6.27. The van der Waals surface area contributed by atoms with E-state index in [1.54, 1.807) is 30.6 Å². The van der Waals surface area contributed by atoms with Crippen LogP contribution < -0.4 is 15.4 Å². The van der Waals surface area contributed by atoms with E-state index in [1.807, 2.05) is 6.07 Å². The van der Waals surface area contributed by atoms with Gasteiger partial charge in [-0.25, -0.2) is 8.42 Å². The van der Waals surface area contributed by atoms with Crippen molar-refractivity contribution in [2.24, 2.45) is 5.92 Å². The molecule has 2 amide bonds. The molecule has 2 N–H and O–H groups in total. The van der Waals surface area contributed by atoms with Gasteiger partial charge in [0.15, 0.2) is 0 Å². The van der Waals surface area contributed by atoms with E-state index >= 15 is 0 Å². The Balaban J connectivity index is 1.39. The van der Waals surface area contributed by atoms with Crippen LogP contribution in [0.15, 0.2) is 53.7 Å². The van der Waals surface area contributed by atoms with Crippen molar-refractivity contribution in [3.05, 3.63) is 54.4 Å². The normalized spacial score (nSPS) is 15.2. The number of nitrogens with one attached hydrogen (secondary N) is 2. The zero-order valence-electron chi connectivity index (χ0n) is 18.0. The Morgan fingerprint density at radius 3 is 2.47 bits per heavy atom. The third-order valence-corrected chi connectivity index (χ3v) is 7.30. The summed E-state index contributed by atoms with van der Waals surface area (Å²) in [6, 6.07) is 9.93. The van der Waals surface area contributed by atoms with Gasteiger partial charge in [0.05, 0.1) is 12.0 Å². The number of hydrogen-bond acceptors (Lipinski definition) is 6. The summed E-state index contributed by atoms with van der Waals surface area (Å²) in [7, 11) is -2.08. The van der Waals surface area contributed by atoms with Gasteiger partial charge in [-0.15, -0.1) is 0 Å². The number of aromatic nitrogens is 1. The molecule has 0 aliphatic carbocycles. The molecular weight excluding hydrogens is 432 g/mol. The average molecular weight is 461 g/mol. The van der Waals surface area contributed by atoms with Crippen LogP contribution in [0.3, 0.4) is 0 Å². The molecule has 1 aromatic heterocycles. The third-order valence-electron chi connectivity index (χ3n) is 5.39. The number of rotatable bonds is 9. The Hall–Kier alpha value is -2.98. The number of nitrogens with zero attached hydrogens (tertiary/aromatic N) is 2. The lowest BCUT2D eigenvalue weighted by Crippen LogP contribution is -2.43. The monoisotopic (exact) mass is 460 g/mol. The molecule has 0 radical (unpaired) electrons. The molecule has 0 atom stereocenters. The molecule has 10 heteroatoms. The van der Waals surface area contributed by atoms with Crippen LogP contribution in [-0.4, -0.2) is 56.3 Å². The van der Waals surface area contributed by atoms with Gasteiger partial charge in [0, 0.05) is 50.9 Å². The highest BCUT2D eigenvalue weighted by molar-refractivity contribution is 7.89. The standard InChI is InChI=1S/C22H28N4O5S/c1-31-19-4-6-20(7-5-19)32(29,30)26-13-9-18(10-14-26)22(28)24-12-8-21(27)25-16-17-3-2-11-23-15-17/h2-7,11,15,18H,8-10,12-14,16H2,1H3,(H,24,28)(H,25,27). The van der Waals surface area contributed by atoms with Crippen molar-refractivity contribution in [2.75, 3.05) is 26.7 Å². The fourth-order valence-corrected chi connectivity index (χ4v) is 4.96. The van der Waals surface area contributed by atoms with Crippen molar-refractivity contribution in [3.63, 3.8) is 0 Å². The SMILES string of the molecule is COc1ccc(S(=O)(=O)N2CCC(C(=O)NCCC(=O)NCc3cccnc3)CC2)cc1. The molecule has 0 spiro atoms. The zero-order valence-corrected chi connectivity index (χ0v) is 18.8. The molecular formula is C22H28N4O5S. The maximum atomic E-state index is 12.8. The summed E-state index contributed by atoms with van der Waals surface area (Å²) in [5.74, 6) is 0.0157. The molecule has 2 aromatic rings. The minimum atomic E-state index is -3.60. The van der Waals surface area contributed by atoms with Crippen LogP contribution in [0.5, 0.6) is 5.75 Å². The lowest BCUT2D eigenvalue weighted by Gasteiger charge is -2.30. The van der Waals surface area contributed by atoms with Crippen molar-refractivity contribution >= 4 is 21.8 Å². The number of amides is 2. The first-order valence-corrected chi connectivity index (χ1v) is 11.9. The van der Waals surface area contributed by atoms with Crippen LogP contribution in [0, 0.1) is 5.92 Å². The Labute approximate surface area is 188 Å². The highest BCUT2D eigenvalue weighted by Gasteiger charge is 2.32. The number of carbonyl (C=O) groups excluding carboxylic acids is 2. The van der Waals surface area contributed by atoms with Crippen molar-refractivity contribution < 1.29 is 22.7 Å². The summed E-state index contributed by atoms with van der Waals surface area (Å²) >= 11 is 0. The Kier molecular flexibility index (Phi) is 8.18. The lowest BCUT2D eigenvalue weighted by molar-refractivity contribution is -0.126. The van der Waals surface area contributed by atoms with E-state index in [0.717, 1.165) is 5.56 Å². The van der Waals surface area contributed by atoms with E-state index in [2.05, 4.69) is 15.6 Å². The van der Waals surface area contributed by atoms with E-state index in [-0.39, 0.29) is 48.7 Å². The van der Waals surface area contributed by atoms with Crippen LogP contribution in [-0.2, 0) is 26.2 Å². The van der Waals surface area contributed by atoms with Crippen LogP contribution in [0.2, 0.25) is 0 Å². The molecule has 1 aliphatic heterocycles. The number of carbonyl (C=O) groups is 2. The summed E-state index contributed by atoms with van der Waals surface area (Å²) < 4.78 is 32.1. The Morgan fingerprint density at radius 2 is 1.84 bits per heavy atom. The van der Waals surface area contributed by atoms with Crippen molar-refractivity contribution in [1.29, 1.82) is 0 Å². The van der Waals surface area contributed by atoms with Crippen LogP contribution >= 0.6 is 0 Å². The summed E-state index contributed by atoms with van der Waals surface area (Å²) in [5.41, 5.74) is 0.904. The van der Waals surface area contributed by atoms with E-state index in [0.29, 0.717) is 25.1 Å². The second-order valence-corrected chi connectivity index (χ2v) is 9.47. The zero-order chi connectivity index (χ0) is 23.0. The molecule has 1 saturated heterocycles. The smallest absolute Gasteiger partial charge is 0.243 e. The molecule has 0 bridgehead atoms. The van der Waals surface area contributed by atoms with Gasteiger partial charge in [-0.2, -0.15) is 4.31 Å². The molecule has 9 nitrogen and oxygen atoms in total. The van der Waals surface area contributed by atoms with E-state index in [4.69, 9.17) is 4.74 Å². The highest BCUT2D eigenvalue weighted by Crippen LogP contribution is 2.25. The number of methoxy groups -OCH3 is 1. The minimum Gasteiger partial charge on any atom is -0.497 e. The van der Waals surface area contributed by atoms with Crippen LogP contribution in [0.25, 0.3) is 0 Å². The number of ether oxygens (including phenoxy) is 1. The van der Waals surface area contributed by atoms with Gasteiger partial charge in [0.2, 0.25) is 21.8 Å². The van der Waals surface area contributed by atoms with Crippen LogP contribution in [0.1, 0.15) is 24.8 Å². The van der Waals surface area contributed by atoms with Gasteiger partial charge < -0.3 is 15.4 Å². The number of sulfonamides is 1. The first-order chi connectivity index (χ1) is 15.4. The molecule has 1 aliphatic rings. The quantitative estimate of drug-likeness (QED) is 0.583. The van der Waals surface area contributed by atoms with E-state index < -0.39 is 10.0 Å². The van der Waals surface area contributed by atoms with Crippen LogP contribution in [0.4, 0.5) is 0 Å². The minimum absolute atomic E-state index is 0.147. The van der Waals surface area contributed by atoms with Gasteiger partial charge in [0.25, 0.3) is 0 Å². The molecule has 172 valence electrons. The summed E-state index contributed by atoms with van der Waals surface area (Å²) in [6.07, 6.45) is 4.41. The predicted octanol–water partition coefficient (Wildman–Crippen LogP) is 1.31. The predicted molar refractivity (Wildman–Crippen MR) is 118 cm³/mol. The molecule has 1 aromatic carbocycles.